The van der Waals surface area contributed by atoms with Gasteiger partial charge in [-0.3, -0.25) is 0 Å². The summed E-state index contributed by atoms with van der Waals surface area (Å²) in [6, 6.07) is 6.29. The first-order valence-corrected chi connectivity index (χ1v) is 4.85. The number of azo groups is 1. The summed E-state index contributed by atoms with van der Waals surface area (Å²) in [6.45, 7) is 0. The maximum atomic E-state index is 13.3. The maximum Gasteiger partial charge on any atom is 0.421 e. The number of hydrogen-bond donors (Lipinski definition) is 0. The molecule has 0 aliphatic rings. The van der Waals surface area contributed by atoms with Crippen LogP contribution < -0.4 is 4.57 Å². The van der Waals surface area contributed by atoms with Crippen LogP contribution in [0.25, 0.3) is 0 Å². The highest BCUT2D eigenvalue weighted by Gasteiger charge is 2.10. The molecule has 0 saturated carbocycles. The molecular formula is C11H12FN4+. The van der Waals surface area contributed by atoms with E-state index >= 15 is 0 Å². The fourth-order valence-corrected chi connectivity index (χ4v) is 1.35. The van der Waals surface area contributed by atoms with E-state index in [1.165, 1.54) is 6.07 Å². The second-order valence-electron chi connectivity index (χ2n) is 3.47. The van der Waals surface area contributed by atoms with E-state index in [1.54, 1.807) is 18.2 Å². The van der Waals surface area contributed by atoms with Gasteiger partial charge < -0.3 is 0 Å². The van der Waals surface area contributed by atoms with Gasteiger partial charge in [0.05, 0.1) is 26.5 Å². The Morgan fingerprint density at radius 2 is 2.00 bits per heavy atom. The predicted octanol–water partition coefficient (Wildman–Crippen LogP) is 2.40. The quantitative estimate of drug-likeness (QED) is 0.549. The monoisotopic (exact) mass is 219 g/mol. The number of aryl methyl sites for hydroxylation is 2. The van der Waals surface area contributed by atoms with Crippen LogP contribution in [0.1, 0.15) is 0 Å². The molecule has 5 heteroatoms. The summed E-state index contributed by atoms with van der Waals surface area (Å²) in [4.78, 5) is 0. The fourth-order valence-electron chi connectivity index (χ4n) is 1.35. The molecule has 1 heterocycles. The van der Waals surface area contributed by atoms with Crippen molar-refractivity contribution in [1.82, 2.24) is 4.57 Å². The van der Waals surface area contributed by atoms with E-state index in [2.05, 4.69) is 10.2 Å². The van der Waals surface area contributed by atoms with E-state index in [0.717, 1.165) is 0 Å². The average molecular weight is 219 g/mol. The second-order valence-corrected chi connectivity index (χ2v) is 3.47. The van der Waals surface area contributed by atoms with Crippen LogP contribution >= 0.6 is 0 Å². The minimum absolute atomic E-state index is 0.240. The van der Waals surface area contributed by atoms with Crippen molar-refractivity contribution < 1.29 is 8.96 Å². The zero-order chi connectivity index (χ0) is 11.5. The Balaban J connectivity index is 2.32. The lowest BCUT2D eigenvalue weighted by atomic mass is 10.3. The average Bonchev–Trinajstić information content (AvgIpc) is 2.58. The Hall–Kier alpha value is -2.04. The minimum Gasteiger partial charge on any atom is -0.233 e. The van der Waals surface area contributed by atoms with Gasteiger partial charge in [-0.25, -0.2) is 13.5 Å². The Kier molecular flexibility index (Phi) is 2.76. The summed E-state index contributed by atoms with van der Waals surface area (Å²) in [7, 11) is 3.71. The lowest BCUT2D eigenvalue weighted by Gasteiger charge is -1.91. The van der Waals surface area contributed by atoms with Crippen LogP contribution in [0.15, 0.2) is 46.9 Å². The first-order valence-electron chi connectivity index (χ1n) is 4.85. The summed E-state index contributed by atoms with van der Waals surface area (Å²) in [5.74, 6) is 0.284. The van der Waals surface area contributed by atoms with E-state index in [9.17, 15) is 4.39 Å². The van der Waals surface area contributed by atoms with Crippen molar-refractivity contribution in [1.29, 1.82) is 0 Å². The molecule has 0 bridgehead atoms. The van der Waals surface area contributed by atoms with Gasteiger partial charge in [0.15, 0.2) is 5.82 Å². The summed E-state index contributed by atoms with van der Waals surface area (Å²) in [6.07, 6.45) is 3.71. The van der Waals surface area contributed by atoms with Gasteiger partial charge in [0, 0.05) is 5.11 Å². The van der Waals surface area contributed by atoms with Crippen molar-refractivity contribution in [2.45, 2.75) is 0 Å². The molecule has 0 N–H and O–H groups in total. The number of nitrogens with zero attached hydrogens (tertiary/aromatic N) is 4. The molecule has 2 rings (SSSR count). The van der Waals surface area contributed by atoms with E-state index in [-0.39, 0.29) is 11.5 Å². The summed E-state index contributed by atoms with van der Waals surface area (Å²) < 4.78 is 16.9. The number of hydrogen-bond acceptors (Lipinski definition) is 2. The molecule has 4 nitrogen and oxygen atoms in total. The molecule has 0 aliphatic carbocycles. The topological polar surface area (TPSA) is 33.5 Å². The van der Waals surface area contributed by atoms with Crippen LogP contribution in [0, 0.1) is 5.82 Å². The number of aromatic nitrogens is 2. The molecule has 0 fully saturated rings. The minimum atomic E-state index is -0.372. The largest absolute Gasteiger partial charge is 0.421 e. The van der Waals surface area contributed by atoms with Crippen LogP contribution in [0.4, 0.5) is 16.0 Å². The highest BCUT2D eigenvalue weighted by molar-refractivity contribution is 5.37. The van der Waals surface area contributed by atoms with Gasteiger partial charge in [-0.2, -0.15) is 0 Å². The van der Waals surface area contributed by atoms with E-state index in [0.29, 0.717) is 5.95 Å². The summed E-state index contributed by atoms with van der Waals surface area (Å²) in [5.41, 5.74) is 0.240. The van der Waals surface area contributed by atoms with Crippen LogP contribution in [0.5, 0.6) is 0 Å². The fraction of sp³-hybridized carbons (Fsp3) is 0.182. The predicted molar refractivity (Wildman–Crippen MR) is 57.2 cm³/mol. The Labute approximate surface area is 92.7 Å². The number of benzene rings is 1. The van der Waals surface area contributed by atoms with Crippen molar-refractivity contribution in [3.05, 3.63) is 42.5 Å². The van der Waals surface area contributed by atoms with E-state index in [1.807, 2.05) is 35.6 Å². The first kappa shape index (κ1) is 10.5. The normalized spacial score (nSPS) is 11.2. The van der Waals surface area contributed by atoms with Crippen molar-refractivity contribution in [3.63, 3.8) is 0 Å². The molecule has 0 amide bonds. The van der Waals surface area contributed by atoms with Crippen molar-refractivity contribution in [3.8, 4) is 0 Å². The lowest BCUT2D eigenvalue weighted by molar-refractivity contribution is -0.657. The first-order chi connectivity index (χ1) is 7.68. The van der Waals surface area contributed by atoms with Crippen molar-refractivity contribution >= 4 is 11.6 Å². The summed E-state index contributed by atoms with van der Waals surface area (Å²) >= 11 is 0. The van der Waals surface area contributed by atoms with Gasteiger partial charge in [0.1, 0.15) is 5.69 Å². The third-order valence-corrected chi connectivity index (χ3v) is 2.24. The number of halogens is 1. The number of imidazole rings is 1. The van der Waals surface area contributed by atoms with Crippen LogP contribution in [0.3, 0.4) is 0 Å². The third kappa shape index (κ3) is 1.98. The molecule has 0 unspecified atom stereocenters. The molecule has 16 heavy (non-hydrogen) atoms. The molecular weight excluding hydrogens is 207 g/mol. The zero-order valence-electron chi connectivity index (χ0n) is 9.13. The lowest BCUT2D eigenvalue weighted by Crippen LogP contribution is -2.25. The summed E-state index contributed by atoms with van der Waals surface area (Å²) in [5, 5.41) is 7.89. The third-order valence-electron chi connectivity index (χ3n) is 2.24. The van der Waals surface area contributed by atoms with Gasteiger partial charge in [-0.15, -0.1) is 0 Å². The highest BCUT2D eigenvalue weighted by Crippen LogP contribution is 2.18. The molecule has 82 valence electrons. The van der Waals surface area contributed by atoms with Gasteiger partial charge in [0.25, 0.3) is 0 Å². The Morgan fingerprint density at radius 1 is 1.25 bits per heavy atom. The molecule has 1 aromatic heterocycles. The van der Waals surface area contributed by atoms with Crippen LogP contribution in [-0.4, -0.2) is 4.57 Å². The van der Waals surface area contributed by atoms with Gasteiger partial charge in [-0.1, -0.05) is 17.2 Å². The smallest absolute Gasteiger partial charge is 0.233 e. The molecule has 0 saturated heterocycles. The van der Waals surface area contributed by atoms with Crippen molar-refractivity contribution in [2.75, 3.05) is 0 Å². The molecule has 0 spiro atoms. The Morgan fingerprint density at radius 3 is 2.62 bits per heavy atom. The molecule has 2 aromatic rings. The molecule has 0 aliphatic heterocycles. The second kappa shape index (κ2) is 4.22. The van der Waals surface area contributed by atoms with Gasteiger partial charge in [-0.05, 0) is 12.1 Å². The van der Waals surface area contributed by atoms with E-state index in [4.69, 9.17) is 0 Å². The molecule has 0 radical (unpaired) electrons. The molecule has 1 aromatic carbocycles. The molecule has 0 atom stereocenters. The maximum absolute atomic E-state index is 13.3. The highest BCUT2D eigenvalue weighted by atomic mass is 19.1. The van der Waals surface area contributed by atoms with E-state index < -0.39 is 0 Å². The van der Waals surface area contributed by atoms with Gasteiger partial charge in [0.2, 0.25) is 0 Å². The zero-order valence-corrected chi connectivity index (χ0v) is 9.13. The van der Waals surface area contributed by atoms with Gasteiger partial charge >= 0.3 is 5.95 Å². The SMILES string of the molecule is Cn1cc[n+](C)c1/N=N/c1ccccc1F. The Bertz CT molecular complexity index is 511. The van der Waals surface area contributed by atoms with Crippen LogP contribution in [0.2, 0.25) is 0 Å². The standard InChI is InChI=1S/C11H12FN4/c1-15-7-8-16(2)11(15)14-13-10-6-4-3-5-9(10)12/h3-8H,1-2H3/q+1. The van der Waals surface area contributed by atoms with Crippen LogP contribution in [-0.2, 0) is 14.1 Å². The van der Waals surface area contributed by atoms with Crippen molar-refractivity contribution in [2.24, 2.45) is 24.3 Å². The number of rotatable bonds is 2.